The van der Waals surface area contributed by atoms with Crippen molar-refractivity contribution in [3.05, 3.63) is 83.2 Å². The predicted molar refractivity (Wildman–Crippen MR) is 104 cm³/mol. The third-order valence-electron chi connectivity index (χ3n) is 4.13. The van der Waals surface area contributed by atoms with Crippen LogP contribution in [0.4, 0.5) is 11.6 Å². The first-order chi connectivity index (χ1) is 12.5. The van der Waals surface area contributed by atoms with Crippen LogP contribution in [-0.2, 0) is 6.54 Å². The third-order valence-corrected chi connectivity index (χ3v) is 4.13. The van der Waals surface area contributed by atoms with Crippen molar-refractivity contribution in [3.63, 3.8) is 0 Å². The molecule has 26 heavy (non-hydrogen) atoms. The molecule has 1 heterocycles. The molecule has 0 bridgehead atoms. The Bertz CT molecular complexity index is 892. The quantitative estimate of drug-likeness (QED) is 0.759. The van der Waals surface area contributed by atoms with Crippen LogP contribution in [0.15, 0.2) is 60.9 Å². The Labute approximate surface area is 153 Å². The van der Waals surface area contributed by atoms with Crippen LogP contribution in [0.5, 0.6) is 0 Å². The fourth-order valence-corrected chi connectivity index (χ4v) is 2.71. The van der Waals surface area contributed by atoms with Gasteiger partial charge in [-0.1, -0.05) is 48.0 Å². The summed E-state index contributed by atoms with van der Waals surface area (Å²) in [5.41, 5.74) is 4.59. The Morgan fingerprint density at radius 2 is 1.73 bits per heavy atom. The second-order valence-corrected chi connectivity index (χ2v) is 6.39. The minimum Gasteiger partial charge on any atom is -0.340 e. The van der Waals surface area contributed by atoms with Gasteiger partial charge in [0.2, 0.25) is 5.95 Å². The van der Waals surface area contributed by atoms with Gasteiger partial charge in [-0.15, -0.1) is 0 Å². The second-order valence-electron chi connectivity index (χ2n) is 6.39. The number of aryl methyl sites for hydroxylation is 2. The number of carbonyl (C=O) groups is 1. The lowest BCUT2D eigenvalue weighted by atomic mass is 10.1. The van der Waals surface area contributed by atoms with Gasteiger partial charge in [-0.05, 0) is 31.0 Å². The van der Waals surface area contributed by atoms with Gasteiger partial charge in [0.25, 0.3) is 5.91 Å². The summed E-state index contributed by atoms with van der Waals surface area (Å²) in [5.74, 6) is 0.367. The molecule has 0 aliphatic rings. The number of amides is 1. The van der Waals surface area contributed by atoms with Gasteiger partial charge in [-0.3, -0.25) is 4.79 Å². The van der Waals surface area contributed by atoms with Crippen molar-refractivity contribution in [2.45, 2.75) is 20.4 Å². The molecular formula is C21H22N4O. The first-order valence-electron chi connectivity index (χ1n) is 8.48. The SMILES string of the molecule is Cc1ccc(NC(=O)c2cnc(N(C)Cc3ccccc3)nc2)c(C)c1. The number of carbonyl (C=O) groups excluding carboxylic acids is 1. The summed E-state index contributed by atoms with van der Waals surface area (Å²) >= 11 is 0. The molecular weight excluding hydrogens is 324 g/mol. The van der Waals surface area contributed by atoms with E-state index in [1.54, 1.807) is 12.4 Å². The summed E-state index contributed by atoms with van der Waals surface area (Å²) < 4.78 is 0. The Balaban J connectivity index is 1.67. The number of nitrogens with zero attached hydrogens (tertiary/aromatic N) is 3. The minimum atomic E-state index is -0.214. The normalized spacial score (nSPS) is 10.4. The van der Waals surface area contributed by atoms with Crippen molar-refractivity contribution in [2.24, 2.45) is 0 Å². The molecule has 0 saturated carbocycles. The zero-order valence-electron chi connectivity index (χ0n) is 15.2. The van der Waals surface area contributed by atoms with Crippen LogP contribution in [0, 0.1) is 13.8 Å². The van der Waals surface area contributed by atoms with Gasteiger partial charge in [0.15, 0.2) is 0 Å². The van der Waals surface area contributed by atoms with Crippen LogP contribution in [0.25, 0.3) is 0 Å². The van der Waals surface area contributed by atoms with Gasteiger partial charge in [0.1, 0.15) is 0 Å². The molecule has 0 fully saturated rings. The highest BCUT2D eigenvalue weighted by Crippen LogP contribution is 2.17. The van der Waals surface area contributed by atoms with E-state index in [0.29, 0.717) is 18.1 Å². The monoisotopic (exact) mass is 346 g/mol. The summed E-state index contributed by atoms with van der Waals surface area (Å²) in [6.45, 7) is 4.70. The lowest BCUT2D eigenvalue weighted by molar-refractivity contribution is 0.102. The first kappa shape index (κ1) is 17.6. The van der Waals surface area contributed by atoms with Crippen molar-refractivity contribution in [3.8, 4) is 0 Å². The smallest absolute Gasteiger partial charge is 0.258 e. The number of rotatable bonds is 5. The van der Waals surface area contributed by atoms with Gasteiger partial charge >= 0.3 is 0 Å². The Morgan fingerprint density at radius 1 is 1.04 bits per heavy atom. The van der Waals surface area contributed by atoms with Crippen LogP contribution in [0.2, 0.25) is 0 Å². The third kappa shape index (κ3) is 4.25. The van der Waals surface area contributed by atoms with E-state index in [-0.39, 0.29) is 5.91 Å². The molecule has 0 spiro atoms. The van der Waals surface area contributed by atoms with Crippen LogP contribution >= 0.6 is 0 Å². The summed E-state index contributed by atoms with van der Waals surface area (Å²) in [6.07, 6.45) is 3.12. The number of benzene rings is 2. The molecule has 0 saturated heterocycles. The van der Waals surface area contributed by atoms with E-state index in [9.17, 15) is 4.79 Å². The molecule has 1 amide bonds. The van der Waals surface area contributed by atoms with E-state index in [0.717, 1.165) is 16.8 Å². The highest BCUT2D eigenvalue weighted by Gasteiger charge is 2.11. The Kier molecular flexibility index (Phi) is 5.27. The van der Waals surface area contributed by atoms with E-state index in [2.05, 4.69) is 27.4 Å². The van der Waals surface area contributed by atoms with E-state index >= 15 is 0 Å². The topological polar surface area (TPSA) is 58.1 Å². The van der Waals surface area contributed by atoms with Crippen molar-refractivity contribution < 1.29 is 4.79 Å². The average molecular weight is 346 g/mol. The first-order valence-corrected chi connectivity index (χ1v) is 8.48. The molecule has 132 valence electrons. The Morgan fingerprint density at radius 3 is 2.38 bits per heavy atom. The van der Waals surface area contributed by atoms with Crippen LogP contribution < -0.4 is 10.2 Å². The van der Waals surface area contributed by atoms with Gasteiger partial charge < -0.3 is 10.2 Å². The second kappa shape index (κ2) is 7.78. The molecule has 0 aliphatic carbocycles. The van der Waals surface area contributed by atoms with Crippen molar-refractivity contribution in [1.82, 2.24) is 9.97 Å². The van der Waals surface area contributed by atoms with Crippen LogP contribution in [0.1, 0.15) is 27.0 Å². The molecule has 3 aromatic rings. The Hall–Kier alpha value is -3.21. The number of anilines is 2. The molecule has 0 unspecified atom stereocenters. The molecule has 1 aromatic heterocycles. The highest BCUT2D eigenvalue weighted by atomic mass is 16.1. The average Bonchev–Trinajstić information content (AvgIpc) is 2.65. The molecule has 0 atom stereocenters. The fraction of sp³-hybridized carbons (Fsp3) is 0.190. The maximum atomic E-state index is 12.4. The van der Waals surface area contributed by atoms with Crippen LogP contribution in [0.3, 0.4) is 0 Å². The number of nitrogens with one attached hydrogen (secondary N) is 1. The lowest BCUT2D eigenvalue weighted by Gasteiger charge is -2.17. The fourth-order valence-electron chi connectivity index (χ4n) is 2.71. The van der Waals surface area contributed by atoms with Gasteiger partial charge in [0, 0.05) is 31.7 Å². The van der Waals surface area contributed by atoms with E-state index < -0.39 is 0 Å². The van der Waals surface area contributed by atoms with E-state index in [4.69, 9.17) is 0 Å². The zero-order chi connectivity index (χ0) is 18.5. The molecule has 3 rings (SSSR count). The number of aromatic nitrogens is 2. The number of hydrogen-bond donors (Lipinski definition) is 1. The molecule has 0 radical (unpaired) electrons. The summed E-state index contributed by atoms with van der Waals surface area (Å²) in [5, 5.41) is 2.91. The van der Waals surface area contributed by atoms with Gasteiger partial charge in [-0.25, -0.2) is 9.97 Å². The van der Waals surface area contributed by atoms with Crippen LogP contribution in [-0.4, -0.2) is 22.9 Å². The van der Waals surface area contributed by atoms with E-state index in [1.807, 2.05) is 62.2 Å². The summed E-state index contributed by atoms with van der Waals surface area (Å²) in [6, 6.07) is 16.0. The molecule has 5 heteroatoms. The maximum Gasteiger partial charge on any atom is 0.258 e. The predicted octanol–water partition coefficient (Wildman–Crippen LogP) is 3.98. The standard InChI is InChI=1S/C21H22N4O/c1-15-9-10-19(16(2)11-15)24-20(26)18-12-22-21(23-13-18)25(3)14-17-7-5-4-6-8-17/h4-13H,14H2,1-3H3,(H,24,26). The summed E-state index contributed by atoms with van der Waals surface area (Å²) in [4.78, 5) is 23.0. The van der Waals surface area contributed by atoms with Crippen molar-refractivity contribution in [2.75, 3.05) is 17.3 Å². The zero-order valence-corrected chi connectivity index (χ0v) is 15.2. The molecule has 2 aromatic carbocycles. The number of hydrogen-bond acceptors (Lipinski definition) is 4. The highest BCUT2D eigenvalue weighted by molar-refractivity contribution is 6.04. The minimum absolute atomic E-state index is 0.214. The molecule has 1 N–H and O–H groups in total. The molecule has 0 aliphatic heterocycles. The maximum absolute atomic E-state index is 12.4. The van der Waals surface area contributed by atoms with Gasteiger partial charge in [0.05, 0.1) is 5.56 Å². The van der Waals surface area contributed by atoms with Crippen molar-refractivity contribution in [1.29, 1.82) is 0 Å². The lowest BCUT2D eigenvalue weighted by Crippen LogP contribution is -2.20. The van der Waals surface area contributed by atoms with E-state index in [1.165, 1.54) is 5.56 Å². The summed E-state index contributed by atoms with van der Waals surface area (Å²) in [7, 11) is 1.93. The molecule has 5 nitrogen and oxygen atoms in total. The largest absolute Gasteiger partial charge is 0.340 e. The van der Waals surface area contributed by atoms with Crippen molar-refractivity contribution >= 4 is 17.5 Å². The van der Waals surface area contributed by atoms with Gasteiger partial charge in [-0.2, -0.15) is 0 Å².